The second kappa shape index (κ2) is 6.54. The van der Waals surface area contributed by atoms with E-state index in [9.17, 15) is 14.7 Å². The molecule has 1 aliphatic rings. The number of amides is 2. The van der Waals surface area contributed by atoms with E-state index in [0.29, 0.717) is 13.1 Å². The van der Waals surface area contributed by atoms with E-state index >= 15 is 0 Å². The van der Waals surface area contributed by atoms with E-state index in [1.807, 2.05) is 0 Å². The van der Waals surface area contributed by atoms with Crippen LogP contribution in [0, 0.1) is 0 Å². The molecule has 2 N–H and O–H groups in total. The highest BCUT2D eigenvalue weighted by Crippen LogP contribution is 2.31. The van der Waals surface area contributed by atoms with Crippen LogP contribution in [0.2, 0.25) is 10.0 Å². The van der Waals surface area contributed by atoms with Crippen molar-refractivity contribution in [3.05, 3.63) is 27.7 Å². The minimum atomic E-state index is -0.357. The number of phenols is 1. The number of carbonyl (C=O) groups excluding carboxylic acids is 2. The summed E-state index contributed by atoms with van der Waals surface area (Å²) in [6, 6.07) is 2.63. The van der Waals surface area contributed by atoms with E-state index < -0.39 is 0 Å². The quantitative estimate of drug-likeness (QED) is 0.874. The smallest absolute Gasteiger partial charge is 0.259 e. The number of benzene rings is 1. The van der Waals surface area contributed by atoms with Crippen LogP contribution in [-0.2, 0) is 4.79 Å². The molecule has 1 heterocycles. The Morgan fingerprint density at radius 2 is 2.10 bits per heavy atom. The Hall–Kier alpha value is -1.46. The molecular formula is C14H16Cl2N2O3. The number of nitrogens with zero attached hydrogens (tertiary/aromatic N) is 1. The molecule has 0 aliphatic carbocycles. The predicted octanol–water partition coefficient (Wildman–Crippen LogP) is 2.44. The standard InChI is InChI=1S/C14H16Cl2N2O3/c1-8(19)17-10-3-2-4-18(7-10)14(21)13-11(16)5-9(15)6-12(13)20/h5-6,10,20H,2-4,7H2,1H3,(H,17,19). The molecule has 7 heteroatoms. The maximum Gasteiger partial charge on any atom is 0.259 e. The van der Waals surface area contributed by atoms with Crippen LogP contribution in [0.1, 0.15) is 30.1 Å². The molecule has 1 atom stereocenters. The first-order valence-corrected chi connectivity index (χ1v) is 7.38. The number of phenolic OH excluding ortho intramolecular Hbond substituents is 1. The number of rotatable bonds is 2. The monoisotopic (exact) mass is 330 g/mol. The maximum atomic E-state index is 12.5. The van der Waals surface area contributed by atoms with Gasteiger partial charge in [0.2, 0.25) is 5.91 Å². The van der Waals surface area contributed by atoms with Crippen LogP contribution in [0.5, 0.6) is 5.75 Å². The number of aromatic hydroxyl groups is 1. The molecule has 114 valence electrons. The third kappa shape index (κ3) is 3.80. The largest absolute Gasteiger partial charge is 0.507 e. The molecule has 0 bridgehead atoms. The summed E-state index contributed by atoms with van der Waals surface area (Å²) in [5.74, 6) is -0.718. The fourth-order valence-electron chi connectivity index (χ4n) is 2.50. The van der Waals surface area contributed by atoms with Crippen molar-refractivity contribution in [2.24, 2.45) is 0 Å². The zero-order valence-electron chi connectivity index (χ0n) is 11.5. The molecule has 1 saturated heterocycles. The van der Waals surface area contributed by atoms with Crippen LogP contribution in [0.25, 0.3) is 0 Å². The van der Waals surface area contributed by atoms with Gasteiger partial charge in [0, 0.05) is 31.1 Å². The molecule has 0 saturated carbocycles. The molecule has 2 amide bonds. The second-order valence-electron chi connectivity index (χ2n) is 5.07. The molecule has 0 spiro atoms. The predicted molar refractivity (Wildman–Crippen MR) is 80.9 cm³/mol. The summed E-state index contributed by atoms with van der Waals surface area (Å²) in [4.78, 5) is 25.2. The Kier molecular flexibility index (Phi) is 4.96. The zero-order chi connectivity index (χ0) is 15.6. The van der Waals surface area contributed by atoms with Crippen molar-refractivity contribution < 1.29 is 14.7 Å². The van der Waals surface area contributed by atoms with Crippen LogP contribution in [0.4, 0.5) is 0 Å². The molecule has 1 unspecified atom stereocenters. The summed E-state index contributed by atoms with van der Waals surface area (Å²) in [6.07, 6.45) is 1.60. The first-order valence-electron chi connectivity index (χ1n) is 6.63. The SMILES string of the molecule is CC(=O)NC1CCCN(C(=O)c2c(O)cc(Cl)cc2Cl)C1. The Morgan fingerprint density at radius 3 is 2.71 bits per heavy atom. The van der Waals surface area contributed by atoms with Gasteiger partial charge in [0.25, 0.3) is 5.91 Å². The number of carbonyl (C=O) groups is 2. The Morgan fingerprint density at radius 1 is 1.38 bits per heavy atom. The van der Waals surface area contributed by atoms with Gasteiger partial charge in [0.15, 0.2) is 0 Å². The summed E-state index contributed by atoms with van der Waals surface area (Å²) < 4.78 is 0. The van der Waals surface area contributed by atoms with Crippen molar-refractivity contribution in [1.82, 2.24) is 10.2 Å². The van der Waals surface area contributed by atoms with Crippen molar-refractivity contribution in [2.75, 3.05) is 13.1 Å². The molecule has 21 heavy (non-hydrogen) atoms. The van der Waals surface area contributed by atoms with Gasteiger partial charge >= 0.3 is 0 Å². The third-order valence-electron chi connectivity index (χ3n) is 3.36. The lowest BCUT2D eigenvalue weighted by molar-refractivity contribution is -0.120. The van der Waals surface area contributed by atoms with Crippen molar-refractivity contribution in [1.29, 1.82) is 0 Å². The average Bonchev–Trinajstić information content (AvgIpc) is 2.36. The summed E-state index contributed by atoms with van der Waals surface area (Å²) in [5.41, 5.74) is 0.0459. The van der Waals surface area contributed by atoms with Gasteiger partial charge in [-0.2, -0.15) is 0 Å². The summed E-state index contributed by atoms with van der Waals surface area (Å²) in [5, 5.41) is 13.1. The normalized spacial score (nSPS) is 18.4. The lowest BCUT2D eigenvalue weighted by atomic mass is 10.0. The van der Waals surface area contributed by atoms with E-state index in [4.69, 9.17) is 23.2 Å². The summed E-state index contributed by atoms with van der Waals surface area (Å²) >= 11 is 11.8. The first-order chi connectivity index (χ1) is 9.88. The van der Waals surface area contributed by atoms with Gasteiger partial charge in [-0.1, -0.05) is 23.2 Å². The first kappa shape index (κ1) is 15.9. The molecule has 0 aromatic heterocycles. The van der Waals surface area contributed by atoms with Crippen molar-refractivity contribution in [3.8, 4) is 5.75 Å². The highest BCUT2D eigenvalue weighted by molar-refractivity contribution is 6.37. The average molecular weight is 331 g/mol. The molecule has 0 radical (unpaired) electrons. The number of hydrogen-bond acceptors (Lipinski definition) is 3. The third-order valence-corrected chi connectivity index (χ3v) is 3.88. The molecule has 2 rings (SSSR count). The fraction of sp³-hybridized carbons (Fsp3) is 0.429. The Labute approximate surface area is 132 Å². The van der Waals surface area contributed by atoms with Gasteiger partial charge in [-0.3, -0.25) is 9.59 Å². The van der Waals surface area contributed by atoms with Crippen LogP contribution < -0.4 is 5.32 Å². The van der Waals surface area contributed by atoms with E-state index in [-0.39, 0.29) is 39.2 Å². The van der Waals surface area contributed by atoms with Gasteiger partial charge in [-0.25, -0.2) is 0 Å². The molecule has 1 aromatic carbocycles. The van der Waals surface area contributed by atoms with Crippen LogP contribution >= 0.6 is 23.2 Å². The molecular weight excluding hydrogens is 315 g/mol. The molecule has 5 nitrogen and oxygen atoms in total. The van der Waals surface area contributed by atoms with E-state index in [1.54, 1.807) is 4.90 Å². The molecule has 1 fully saturated rings. The Balaban J connectivity index is 2.18. The number of piperidine rings is 1. The van der Waals surface area contributed by atoms with Crippen LogP contribution in [-0.4, -0.2) is 41.0 Å². The van der Waals surface area contributed by atoms with E-state index in [1.165, 1.54) is 19.1 Å². The Bertz CT molecular complexity index is 554. The fourth-order valence-corrected chi connectivity index (χ4v) is 3.06. The van der Waals surface area contributed by atoms with Crippen LogP contribution in [0.15, 0.2) is 12.1 Å². The number of halogens is 2. The van der Waals surface area contributed by atoms with E-state index in [2.05, 4.69) is 5.32 Å². The number of nitrogens with one attached hydrogen (secondary N) is 1. The molecule has 1 aromatic rings. The van der Waals surface area contributed by atoms with E-state index in [0.717, 1.165) is 12.8 Å². The number of likely N-dealkylation sites (tertiary alicyclic amines) is 1. The van der Waals surface area contributed by atoms with Crippen LogP contribution in [0.3, 0.4) is 0 Å². The highest BCUT2D eigenvalue weighted by atomic mass is 35.5. The van der Waals surface area contributed by atoms with Gasteiger partial charge in [0.1, 0.15) is 5.75 Å². The van der Waals surface area contributed by atoms with Gasteiger partial charge in [-0.05, 0) is 25.0 Å². The topological polar surface area (TPSA) is 69.6 Å². The maximum absolute atomic E-state index is 12.5. The summed E-state index contributed by atoms with van der Waals surface area (Å²) in [6.45, 7) is 2.41. The highest BCUT2D eigenvalue weighted by Gasteiger charge is 2.28. The minimum absolute atomic E-state index is 0.0459. The molecule has 1 aliphatic heterocycles. The lowest BCUT2D eigenvalue weighted by Gasteiger charge is -2.33. The van der Waals surface area contributed by atoms with Gasteiger partial charge < -0.3 is 15.3 Å². The minimum Gasteiger partial charge on any atom is -0.507 e. The van der Waals surface area contributed by atoms with Gasteiger partial charge in [-0.15, -0.1) is 0 Å². The van der Waals surface area contributed by atoms with Crippen molar-refractivity contribution >= 4 is 35.0 Å². The van der Waals surface area contributed by atoms with Crippen molar-refractivity contribution in [2.45, 2.75) is 25.8 Å². The summed E-state index contributed by atoms with van der Waals surface area (Å²) in [7, 11) is 0. The number of hydrogen-bond donors (Lipinski definition) is 2. The van der Waals surface area contributed by atoms with Gasteiger partial charge in [0.05, 0.1) is 10.6 Å². The zero-order valence-corrected chi connectivity index (χ0v) is 13.0. The lowest BCUT2D eigenvalue weighted by Crippen LogP contribution is -2.49. The van der Waals surface area contributed by atoms with Crippen molar-refractivity contribution in [3.63, 3.8) is 0 Å². The second-order valence-corrected chi connectivity index (χ2v) is 5.92.